The summed E-state index contributed by atoms with van der Waals surface area (Å²) >= 11 is 3.81. The lowest BCUT2D eigenvalue weighted by atomic mass is 9.85. The fourth-order valence-corrected chi connectivity index (χ4v) is 15.8. The first-order valence-corrected chi connectivity index (χ1v) is 30.7. The maximum Gasteiger partial charge on any atom is 0.0208 e. The van der Waals surface area contributed by atoms with Crippen LogP contribution in [-0.4, -0.2) is 0 Å². The van der Waals surface area contributed by atoms with Gasteiger partial charge < -0.3 is 0 Å². The molecule has 0 aromatic heterocycles. The molecule has 2 heterocycles. The molecule has 0 radical (unpaired) electrons. The van der Waals surface area contributed by atoms with Crippen molar-refractivity contribution in [3.63, 3.8) is 0 Å². The molecule has 14 aromatic rings. The van der Waals surface area contributed by atoms with Gasteiger partial charge in [0.25, 0.3) is 0 Å². The van der Waals surface area contributed by atoms with E-state index >= 15 is 0 Å². The lowest BCUT2D eigenvalue weighted by Gasteiger charge is -2.27. The van der Waals surface area contributed by atoms with Crippen LogP contribution >= 0.6 is 23.5 Å². The van der Waals surface area contributed by atoms with E-state index in [1.807, 2.05) is 60.8 Å². The molecule has 2 aliphatic rings. The molecule has 0 bridgehead atoms. The van der Waals surface area contributed by atoms with Crippen LogP contribution in [0.5, 0.6) is 0 Å². The Bertz CT molecular complexity index is 5150. The first-order chi connectivity index (χ1) is 41.9. The Morgan fingerprint density at radius 1 is 0.306 bits per heavy atom. The summed E-state index contributed by atoms with van der Waals surface area (Å²) in [6, 6.07) is 93.0. The SMILES string of the molecule is C=C(/C=C\C=C/C)/C=C\C(=C)c1c2ccccc2c(-c2ccc(-c3ccc4c(c3)Sc3ccc5c6c(ccc-4c36)-c3ccc(-c4ccc(-c6c7ccccc7c(-c7ccc8ccccc8c7)c7ccccc67)cc4)cc3S5)cc2)c2ccccc12. The van der Waals surface area contributed by atoms with Gasteiger partial charge in [-0.3, -0.25) is 0 Å². The van der Waals surface area contributed by atoms with Gasteiger partial charge in [-0.1, -0.05) is 292 Å². The summed E-state index contributed by atoms with van der Waals surface area (Å²) in [5.41, 5.74) is 20.5. The Labute approximate surface area is 504 Å². The number of allylic oxidation sites excluding steroid dienone is 8. The van der Waals surface area contributed by atoms with Crippen molar-refractivity contribution in [2.75, 3.05) is 0 Å². The van der Waals surface area contributed by atoms with Crippen molar-refractivity contribution in [2.24, 2.45) is 0 Å². The third-order valence-corrected chi connectivity index (χ3v) is 19.7. The van der Waals surface area contributed by atoms with Crippen LogP contribution in [0.1, 0.15) is 12.5 Å². The minimum atomic E-state index is 0.923. The molecule has 0 amide bonds. The minimum absolute atomic E-state index is 0.923. The van der Waals surface area contributed by atoms with Crippen molar-refractivity contribution in [2.45, 2.75) is 26.5 Å². The van der Waals surface area contributed by atoms with Crippen molar-refractivity contribution in [1.82, 2.24) is 0 Å². The molecule has 16 rings (SSSR count). The topological polar surface area (TPSA) is 0 Å². The van der Waals surface area contributed by atoms with E-state index < -0.39 is 0 Å². The van der Waals surface area contributed by atoms with Crippen LogP contribution in [0, 0.1) is 0 Å². The maximum absolute atomic E-state index is 4.59. The predicted octanol–water partition coefficient (Wildman–Crippen LogP) is 24.5. The van der Waals surface area contributed by atoms with Crippen LogP contribution in [0.2, 0.25) is 0 Å². The number of hydrogen-bond acceptors (Lipinski definition) is 2. The largest absolute Gasteiger partial charge is 0.0918 e. The third kappa shape index (κ3) is 8.55. The summed E-state index contributed by atoms with van der Waals surface area (Å²) < 4.78 is 0. The van der Waals surface area contributed by atoms with E-state index in [1.54, 1.807) is 0 Å². The molecule has 0 unspecified atom stereocenters. The maximum atomic E-state index is 4.59. The molecular formula is C83H54S2. The van der Waals surface area contributed by atoms with Crippen LogP contribution in [0.15, 0.2) is 323 Å². The molecule has 398 valence electrons. The molecule has 0 saturated heterocycles. The van der Waals surface area contributed by atoms with Gasteiger partial charge in [-0.25, -0.2) is 0 Å². The van der Waals surface area contributed by atoms with Gasteiger partial charge >= 0.3 is 0 Å². The monoisotopic (exact) mass is 1110 g/mol. The third-order valence-electron chi connectivity index (χ3n) is 17.4. The lowest BCUT2D eigenvalue weighted by molar-refractivity contribution is 1.34. The molecular weight excluding hydrogens is 1060 g/mol. The molecule has 0 N–H and O–H groups in total. The number of hydrogen-bond donors (Lipinski definition) is 0. The van der Waals surface area contributed by atoms with E-state index in [9.17, 15) is 0 Å². The van der Waals surface area contributed by atoms with Crippen molar-refractivity contribution in [3.8, 4) is 77.9 Å². The van der Waals surface area contributed by atoms with Crippen LogP contribution in [0.3, 0.4) is 0 Å². The standard InChI is InChI=1S/C83H54S2/c1-4-5-6-17-51(2)28-29-52(3)78-64-20-9-11-22-66(64)79(67-23-12-10-21-65(67)78)56-35-30-54(31-36-56)59-40-42-62-72-44-45-73-63-43-41-60(50-77(63)85-75-47-46-74(82(72)83(73)75)84-76(62)49-59)55-32-37-57(38-33-55)80-68-24-13-15-26-70(68)81(71-27-16-14-25-69(71)80)61-39-34-53-18-7-8-19-58(53)48-61/h4-50H,2-3H2,1H3/b5-4-,17-6-,29-28-. The van der Waals surface area contributed by atoms with Gasteiger partial charge in [0.1, 0.15) is 0 Å². The number of rotatable bonds is 10. The summed E-state index contributed by atoms with van der Waals surface area (Å²) in [7, 11) is 0. The highest BCUT2D eigenvalue weighted by atomic mass is 32.2. The van der Waals surface area contributed by atoms with E-state index in [1.165, 1.54) is 162 Å². The molecule has 0 spiro atoms. The van der Waals surface area contributed by atoms with Crippen LogP contribution < -0.4 is 0 Å². The van der Waals surface area contributed by atoms with Gasteiger partial charge in [0.2, 0.25) is 0 Å². The average Bonchev–Trinajstić information content (AvgIpc) is 2.15. The van der Waals surface area contributed by atoms with Gasteiger partial charge in [0.05, 0.1) is 0 Å². The van der Waals surface area contributed by atoms with Crippen molar-refractivity contribution >= 4 is 93.7 Å². The highest BCUT2D eigenvalue weighted by molar-refractivity contribution is 8.00. The second-order valence-corrected chi connectivity index (χ2v) is 24.5. The Kier molecular flexibility index (Phi) is 12.4. The zero-order chi connectivity index (χ0) is 56.7. The molecule has 2 heteroatoms. The van der Waals surface area contributed by atoms with Crippen molar-refractivity contribution in [1.29, 1.82) is 0 Å². The van der Waals surface area contributed by atoms with Crippen LogP contribution in [-0.2, 0) is 0 Å². The summed E-state index contributed by atoms with van der Waals surface area (Å²) in [4.78, 5) is 5.21. The van der Waals surface area contributed by atoms with E-state index in [0.29, 0.717) is 0 Å². The molecule has 14 aromatic carbocycles. The Morgan fingerprint density at radius 2 is 0.694 bits per heavy atom. The Balaban J connectivity index is 0.691. The minimum Gasteiger partial charge on any atom is -0.0918 e. The van der Waals surface area contributed by atoms with Gasteiger partial charge in [-0.05, 0) is 186 Å². The molecule has 85 heavy (non-hydrogen) atoms. The van der Waals surface area contributed by atoms with Crippen molar-refractivity contribution in [3.05, 3.63) is 309 Å². The number of benzene rings is 14. The number of fused-ring (bicyclic) bond motifs is 9. The van der Waals surface area contributed by atoms with Gasteiger partial charge in [-0.2, -0.15) is 0 Å². The first kappa shape index (κ1) is 50.7. The second kappa shape index (κ2) is 20.7. The van der Waals surface area contributed by atoms with E-state index in [2.05, 4.69) is 268 Å². The highest BCUT2D eigenvalue weighted by Crippen LogP contribution is 2.57. The summed E-state index contributed by atoms with van der Waals surface area (Å²) in [5, 5.41) is 15.1. The van der Waals surface area contributed by atoms with E-state index in [0.717, 1.165) is 16.7 Å². The van der Waals surface area contributed by atoms with Gasteiger partial charge in [0.15, 0.2) is 0 Å². The summed E-state index contributed by atoms with van der Waals surface area (Å²) in [6.45, 7) is 10.8. The zero-order valence-corrected chi connectivity index (χ0v) is 48.5. The van der Waals surface area contributed by atoms with Crippen LogP contribution in [0.25, 0.3) is 148 Å². The first-order valence-electron chi connectivity index (χ1n) is 29.1. The zero-order valence-electron chi connectivity index (χ0n) is 46.9. The molecule has 0 atom stereocenters. The van der Waals surface area contributed by atoms with Crippen molar-refractivity contribution < 1.29 is 0 Å². The second-order valence-electron chi connectivity index (χ2n) is 22.3. The summed E-state index contributed by atoms with van der Waals surface area (Å²) in [5.74, 6) is 0. The molecule has 0 fully saturated rings. The molecule has 0 saturated carbocycles. The average molecular weight is 1120 g/mol. The smallest absolute Gasteiger partial charge is 0.0208 e. The predicted molar refractivity (Wildman–Crippen MR) is 369 cm³/mol. The van der Waals surface area contributed by atoms with Gasteiger partial charge in [0, 0.05) is 30.4 Å². The Morgan fingerprint density at radius 3 is 1.18 bits per heavy atom. The van der Waals surface area contributed by atoms with Crippen LogP contribution in [0.4, 0.5) is 0 Å². The van der Waals surface area contributed by atoms with E-state index in [-0.39, 0.29) is 0 Å². The van der Waals surface area contributed by atoms with Gasteiger partial charge in [-0.15, -0.1) is 0 Å². The van der Waals surface area contributed by atoms with E-state index in [4.69, 9.17) is 0 Å². The summed E-state index contributed by atoms with van der Waals surface area (Å²) in [6.07, 6.45) is 12.2. The molecule has 0 nitrogen and oxygen atoms in total. The molecule has 2 aliphatic heterocycles. The molecule has 0 aliphatic carbocycles. The fraction of sp³-hybridized carbons (Fsp3) is 0.0120. The normalized spacial score (nSPS) is 12.6. The lowest BCUT2D eigenvalue weighted by Crippen LogP contribution is -1.99. The quantitative estimate of drug-likeness (QED) is 0.0989. The Hall–Kier alpha value is -9.96. The fourth-order valence-electron chi connectivity index (χ4n) is 13.5. The highest BCUT2D eigenvalue weighted by Gasteiger charge is 2.28.